The number of rotatable bonds is 3. The average Bonchev–Trinajstić information content (AvgIpc) is 2.34. The second-order valence-electron chi connectivity index (χ2n) is 4.11. The van der Waals surface area contributed by atoms with Gasteiger partial charge in [-0.15, -0.1) is 0 Å². The Balaban J connectivity index is 2.21. The number of nitrogen functional groups attached to an aromatic ring is 1. The zero-order valence-electron chi connectivity index (χ0n) is 10.6. The first-order valence-corrected chi connectivity index (χ1v) is 5.58. The molecule has 3 N–H and O–H groups in total. The van der Waals surface area contributed by atoms with Crippen LogP contribution in [0.25, 0.3) is 0 Å². The fourth-order valence-corrected chi connectivity index (χ4v) is 1.57. The summed E-state index contributed by atoms with van der Waals surface area (Å²) in [6.07, 6.45) is 3.19. The van der Waals surface area contributed by atoms with Gasteiger partial charge in [-0.05, 0) is 13.0 Å². The lowest BCUT2D eigenvalue weighted by molar-refractivity contribution is 0.703. The molecule has 2 heterocycles. The van der Waals surface area contributed by atoms with Crippen molar-refractivity contribution in [1.29, 1.82) is 0 Å². The van der Waals surface area contributed by atoms with E-state index in [1.54, 1.807) is 13.2 Å². The van der Waals surface area contributed by atoms with E-state index in [2.05, 4.69) is 15.3 Å². The van der Waals surface area contributed by atoms with Crippen molar-refractivity contribution in [3.05, 3.63) is 45.0 Å². The molecule has 19 heavy (non-hydrogen) atoms. The van der Waals surface area contributed by atoms with Gasteiger partial charge >= 0.3 is 11.4 Å². The summed E-state index contributed by atoms with van der Waals surface area (Å²) in [6, 6.07) is 1.52. The molecule has 2 aromatic rings. The van der Waals surface area contributed by atoms with Crippen LogP contribution in [0.3, 0.4) is 0 Å². The maximum Gasteiger partial charge on any atom is 0.350 e. The highest BCUT2D eigenvalue weighted by Gasteiger charge is 2.04. The van der Waals surface area contributed by atoms with Crippen LogP contribution in [0.1, 0.15) is 5.56 Å². The van der Waals surface area contributed by atoms with Crippen LogP contribution >= 0.6 is 0 Å². The fraction of sp³-hybridized carbons (Fsp3) is 0.273. The molecule has 8 heteroatoms. The van der Waals surface area contributed by atoms with Crippen molar-refractivity contribution in [1.82, 2.24) is 19.1 Å². The fourth-order valence-electron chi connectivity index (χ4n) is 1.57. The minimum Gasteiger partial charge on any atom is -0.383 e. The number of anilines is 2. The molecule has 100 valence electrons. The van der Waals surface area contributed by atoms with E-state index in [0.29, 0.717) is 5.82 Å². The van der Waals surface area contributed by atoms with E-state index in [-0.39, 0.29) is 18.2 Å². The third-order valence-electron chi connectivity index (χ3n) is 2.58. The van der Waals surface area contributed by atoms with Gasteiger partial charge in [0.1, 0.15) is 11.6 Å². The first-order valence-electron chi connectivity index (χ1n) is 5.58. The van der Waals surface area contributed by atoms with Gasteiger partial charge in [-0.3, -0.25) is 4.57 Å². The molecule has 0 bridgehead atoms. The Morgan fingerprint density at radius 2 is 2.05 bits per heavy atom. The Morgan fingerprint density at radius 1 is 1.32 bits per heavy atom. The molecule has 0 fully saturated rings. The quantitative estimate of drug-likeness (QED) is 0.757. The summed E-state index contributed by atoms with van der Waals surface area (Å²) in [5, 5.41) is 2.92. The van der Waals surface area contributed by atoms with Gasteiger partial charge < -0.3 is 15.6 Å². The first kappa shape index (κ1) is 12.8. The maximum absolute atomic E-state index is 11.5. The Bertz CT molecular complexity index is 718. The molecule has 0 aromatic carbocycles. The Morgan fingerprint density at radius 3 is 2.74 bits per heavy atom. The monoisotopic (exact) mass is 262 g/mol. The normalized spacial score (nSPS) is 10.4. The summed E-state index contributed by atoms with van der Waals surface area (Å²) < 4.78 is 2.71. The van der Waals surface area contributed by atoms with Crippen molar-refractivity contribution < 1.29 is 0 Å². The number of nitrogens with two attached hydrogens (primary N) is 1. The lowest BCUT2D eigenvalue weighted by Crippen LogP contribution is -2.28. The lowest BCUT2D eigenvalue weighted by atomic mass is 10.3. The Kier molecular flexibility index (Phi) is 3.32. The van der Waals surface area contributed by atoms with E-state index in [1.165, 1.54) is 21.4 Å². The van der Waals surface area contributed by atoms with Crippen LogP contribution in [0.5, 0.6) is 0 Å². The minimum atomic E-state index is -0.464. The molecule has 0 spiro atoms. The van der Waals surface area contributed by atoms with Crippen molar-refractivity contribution in [2.24, 2.45) is 7.05 Å². The highest BCUT2D eigenvalue weighted by molar-refractivity contribution is 5.40. The third kappa shape index (κ3) is 2.79. The van der Waals surface area contributed by atoms with Crippen molar-refractivity contribution in [2.45, 2.75) is 13.6 Å². The molecule has 0 saturated heterocycles. The summed E-state index contributed by atoms with van der Waals surface area (Å²) in [5.74, 6) is 0.607. The van der Waals surface area contributed by atoms with Gasteiger partial charge in [0, 0.05) is 25.0 Å². The van der Waals surface area contributed by atoms with Crippen LogP contribution < -0.4 is 22.4 Å². The topological polar surface area (TPSA) is 108 Å². The molecule has 0 radical (unpaired) electrons. The van der Waals surface area contributed by atoms with E-state index >= 15 is 0 Å². The zero-order valence-corrected chi connectivity index (χ0v) is 10.6. The summed E-state index contributed by atoms with van der Waals surface area (Å²) in [5.41, 5.74) is 5.37. The summed E-state index contributed by atoms with van der Waals surface area (Å²) >= 11 is 0. The Labute approximate surface area is 108 Å². The van der Waals surface area contributed by atoms with E-state index in [0.717, 1.165) is 5.56 Å². The molecule has 8 nitrogen and oxygen atoms in total. The van der Waals surface area contributed by atoms with Crippen molar-refractivity contribution >= 4 is 11.6 Å². The molecular formula is C11H14N6O2. The number of aromatic nitrogens is 4. The largest absolute Gasteiger partial charge is 0.383 e. The van der Waals surface area contributed by atoms with Gasteiger partial charge in [-0.2, -0.15) is 9.97 Å². The second kappa shape index (κ2) is 4.92. The summed E-state index contributed by atoms with van der Waals surface area (Å²) in [4.78, 5) is 30.4. The van der Waals surface area contributed by atoms with Crippen molar-refractivity contribution in [3.63, 3.8) is 0 Å². The molecular weight excluding hydrogens is 248 g/mol. The molecule has 0 aliphatic heterocycles. The molecule has 0 unspecified atom stereocenters. The van der Waals surface area contributed by atoms with Gasteiger partial charge in [0.25, 0.3) is 0 Å². The van der Waals surface area contributed by atoms with Crippen LogP contribution in [-0.2, 0) is 13.7 Å². The number of aryl methyl sites for hydroxylation is 2. The SMILES string of the molecule is Cc1cn(C)c(=O)nc1NCn1ccc(N)nc1=O. The average molecular weight is 262 g/mol. The first-order chi connectivity index (χ1) is 8.97. The molecule has 2 aromatic heterocycles. The number of hydrogen-bond donors (Lipinski definition) is 2. The predicted octanol–water partition coefficient (Wildman–Crippen LogP) is -0.703. The smallest absolute Gasteiger partial charge is 0.350 e. The summed E-state index contributed by atoms with van der Waals surface area (Å²) in [7, 11) is 1.63. The van der Waals surface area contributed by atoms with E-state index < -0.39 is 5.69 Å². The molecule has 0 aliphatic rings. The van der Waals surface area contributed by atoms with Crippen LogP contribution in [0, 0.1) is 6.92 Å². The van der Waals surface area contributed by atoms with Gasteiger partial charge in [0.2, 0.25) is 0 Å². The standard InChI is InChI=1S/C11H14N6O2/c1-7-5-16(2)10(18)15-9(7)13-6-17-4-3-8(12)14-11(17)19/h3-5H,6H2,1-2H3,(H2,12,14,19)(H,13,15,18). The minimum absolute atomic E-state index is 0.160. The van der Waals surface area contributed by atoms with Gasteiger partial charge in [0.05, 0.1) is 6.67 Å². The molecule has 0 atom stereocenters. The zero-order chi connectivity index (χ0) is 14.0. The highest BCUT2D eigenvalue weighted by atomic mass is 16.1. The van der Waals surface area contributed by atoms with Crippen LogP contribution in [-0.4, -0.2) is 19.1 Å². The van der Waals surface area contributed by atoms with Crippen molar-refractivity contribution in [2.75, 3.05) is 11.1 Å². The van der Waals surface area contributed by atoms with E-state index in [9.17, 15) is 9.59 Å². The number of nitrogens with zero attached hydrogens (tertiary/aromatic N) is 4. The Hall–Kier alpha value is -2.64. The number of hydrogen-bond acceptors (Lipinski definition) is 6. The second-order valence-corrected chi connectivity index (χ2v) is 4.11. The number of nitrogens with one attached hydrogen (secondary N) is 1. The molecule has 0 amide bonds. The molecule has 0 saturated carbocycles. The van der Waals surface area contributed by atoms with Gasteiger partial charge in [0.15, 0.2) is 0 Å². The van der Waals surface area contributed by atoms with Crippen LogP contribution in [0.4, 0.5) is 11.6 Å². The predicted molar refractivity (Wildman–Crippen MR) is 70.7 cm³/mol. The van der Waals surface area contributed by atoms with E-state index in [1.807, 2.05) is 6.92 Å². The third-order valence-corrected chi connectivity index (χ3v) is 2.58. The lowest BCUT2D eigenvalue weighted by Gasteiger charge is -2.10. The van der Waals surface area contributed by atoms with Gasteiger partial charge in [-0.25, -0.2) is 9.59 Å². The van der Waals surface area contributed by atoms with Crippen LogP contribution in [0.2, 0.25) is 0 Å². The van der Waals surface area contributed by atoms with Crippen molar-refractivity contribution in [3.8, 4) is 0 Å². The molecule has 0 aliphatic carbocycles. The van der Waals surface area contributed by atoms with Crippen LogP contribution in [0.15, 0.2) is 28.0 Å². The summed E-state index contributed by atoms with van der Waals surface area (Å²) in [6.45, 7) is 1.98. The highest BCUT2D eigenvalue weighted by Crippen LogP contribution is 2.06. The molecule has 2 rings (SSSR count). The van der Waals surface area contributed by atoms with E-state index in [4.69, 9.17) is 5.73 Å². The van der Waals surface area contributed by atoms with Gasteiger partial charge in [-0.1, -0.05) is 0 Å². The maximum atomic E-state index is 11.5.